The van der Waals surface area contributed by atoms with Crippen LogP contribution < -0.4 is 0 Å². The minimum Gasteiger partial charge on any atom is -0.314 e. The maximum absolute atomic E-state index is 12.9. The zero-order valence-electron chi connectivity index (χ0n) is 13.4. The van der Waals surface area contributed by atoms with Crippen molar-refractivity contribution in [3.8, 4) is 0 Å². The molecule has 0 bridgehead atoms. The summed E-state index contributed by atoms with van der Waals surface area (Å²) in [7, 11) is -3.59. The predicted molar refractivity (Wildman–Crippen MR) is 92.5 cm³/mol. The highest BCUT2D eigenvalue weighted by Gasteiger charge is 2.33. The molecule has 1 unspecified atom stereocenters. The molecule has 0 fully saturated rings. The van der Waals surface area contributed by atoms with Crippen LogP contribution in [0.4, 0.5) is 0 Å². The standard InChI is InChI=1S/C19H19NO3S/c1-15-12-19(21)20(13-16-8-4-2-5-9-16)14-18(15)24(22,23)17-10-6-3-7-11-17/h2-11,14-15H,12-13H2,1H3. The van der Waals surface area contributed by atoms with E-state index in [1.54, 1.807) is 37.3 Å². The fourth-order valence-corrected chi connectivity index (χ4v) is 4.48. The summed E-state index contributed by atoms with van der Waals surface area (Å²) >= 11 is 0. The van der Waals surface area contributed by atoms with Crippen LogP contribution in [0.25, 0.3) is 0 Å². The third kappa shape index (κ3) is 3.26. The molecule has 24 heavy (non-hydrogen) atoms. The van der Waals surface area contributed by atoms with E-state index in [4.69, 9.17) is 0 Å². The van der Waals surface area contributed by atoms with Gasteiger partial charge in [0.05, 0.1) is 16.3 Å². The highest BCUT2D eigenvalue weighted by Crippen LogP contribution is 2.32. The predicted octanol–water partition coefficient (Wildman–Crippen LogP) is 3.37. The Bertz CT molecular complexity index is 858. The van der Waals surface area contributed by atoms with Gasteiger partial charge in [0.15, 0.2) is 0 Å². The van der Waals surface area contributed by atoms with E-state index in [9.17, 15) is 13.2 Å². The van der Waals surface area contributed by atoms with Gasteiger partial charge in [0.1, 0.15) is 0 Å². The second-order valence-electron chi connectivity index (χ2n) is 5.96. The molecule has 2 aromatic carbocycles. The normalized spacial score (nSPS) is 18.4. The number of hydrogen-bond donors (Lipinski definition) is 0. The Kier molecular flexibility index (Phi) is 4.53. The summed E-state index contributed by atoms with van der Waals surface area (Å²) in [6.07, 6.45) is 1.70. The summed E-state index contributed by atoms with van der Waals surface area (Å²) in [5.74, 6) is -0.381. The monoisotopic (exact) mass is 341 g/mol. The summed E-state index contributed by atoms with van der Waals surface area (Å²) in [5.41, 5.74) is 0.966. The molecule has 0 spiro atoms. The molecule has 0 aliphatic carbocycles. The van der Waals surface area contributed by atoms with Gasteiger partial charge in [-0.1, -0.05) is 55.5 Å². The molecular weight excluding hydrogens is 322 g/mol. The summed E-state index contributed by atoms with van der Waals surface area (Å²) < 4.78 is 25.8. The van der Waals surface area contributed by atoms with Gasteiger partial charge in [0.2, 0.25) is 15.7 Å². The van der Waals surface area contributed by atoms with Gasteiger partial charge in [-0.05, 0) is 17.7 Å². The minimum atomic E-state index is -3.59. The quantitative estimate of drug-likeness (QED) is 0.857. The van der Waals surface area contributed by atoms with Crippen molar-refractivity contribution in [2.24, 2.45) is 5.92 Å². The molecule has 1 aliphatic heterocycles. The first-order valence-electron chi connectivity index (χ1n) is 7.84. The van der Waals surface area contributed by atoms with Gasteiger partial charge < -0.3 is 4.90 Å². The van der Waals surface area contributed by atoms with Gasteiger partial charge in [-0.3, -0.25) is 4.79 Å². The van der Waals surface area contributed by atoms with Crippen LogP contribution in [0.2, 0.25) is 0 Å². The van der Waals surface area contributed by atoms with Crippen molar-refractivity contribution in [3.05, 3.63) is 77.3 Å². The lowest BCUT2D eigenvalue weighted by Gasteiger charge is -2.29. The van der Waals surface area contributed by atoms with E-state index in [-0.39, 0.29) is 23.1 Å². The topological polar surface area (TPSA) is 54.5 Å². The van der Waals surface area contributed by atoms with Crippen LogP contribution in [0.15, 0.2) is 76.7 Å². The van der Waals surface area contributed by atoms with Crippen molar-refractivity contribution < 1.29 is 13.2 Å². The fourth-order valence-electron chi connectivity index (χ4n) is 2.82. The Morgan fingerprint density at radius 2 is 1.58 bits per heavy atom. The molecule has 124 valence electrons. The average Bonchev–Trinajstić information content (AvgIpc) is 2.59. The van der Waals surface area contributed by atoms with E-state index >= 15 is 0 Å². The average molecular weight is 341 g/mol. The van der Waals surface area contributed by atoms with E-state index in [1.807, 2.05) is 30.3 Å². The lowest BCUT2D eigenvalue weighted by Crippen LogP contribution is -2.33. The van der Waals surface area contributed by atoms with E-state index in [0.29, 0.717) is 11.4 Å². The lowest BCUT2D eigenvalue weighted by atomic mass is 10.0. The molecule has 0 radical (unpaired) electrons. The summed E-state index contributed by atoms with van der Waals surface area (Å²) in [5, 5.41) is 0. The third-order valence-electron chi connectivity index (χ3n) is 4.13. The molecule has 0 saturated heterocycles. The lowest BCUT2D eigenvalue weighted by molar-refractivity contribution is -0.130. The maximum atomic E-state index is 12.9. The van der Waals surface area contributed by atoms with Crippen molar-refractivity contribution in [1.29, 1.82) is 0 Å². The number of carbonyl (C=O) groups is 1. The van der Waals surface area contributed by atoms with Gasteiger partial charge in [-0.15, -0.1) is 0 Å². The minimum absolute atomic E-state index is 0.0571. The summed E-state index contributed by atoms with van der Waals surface area (Å²) in [6, 6.07) is 17.9. The molecular formula is C19H19NO3S. The Hall–Kier alpha value is -2.40. The largest absolute Gasteiger partial charge is 0.314 e. The summed E-state index contributed by atoms with van der Waals surface area (Å²) in [4.78, 5) is 14.4. The van der Waals surface area contributed by atoms with Crippen LogP contribution in [0, 0.1) is 5.92 Å². The molecule has 1 amide bonds. The molecule has 0 saturated carbocycles. The number of benzene rings is 2. The van der Waals surface area contributed by atoms with Crippen molar-refractivity contribution >= 4 is 15.7 Å². The van der Waals surface area contributed by atoms with Crippen LogP contribution >= 0.6 is 0 Å². The molecule has 1 aliphatic rings. The number of allylic oxidation sites excluding steroid dienone is 1. The van der Waals surface area contributed by atoms with Gasteiger partial charge in [0.25, 0.3) is 0 Å². The molecule has 0 N–H and O–H groups in total. The van der Waals surface area contributed by atoms with E-state index in [1.165, 1.54) is 11.1 Å². The SMILES string of the molecule is CC1CC(=O)N(Cc2ccccc2)C=C1S(=O)(=O)c1ccccc1. The summed E-state index contributed by atoms with van der Waals surface area (Å²) in [6.45, 7) is 2.16. The first kappa shape index (κ1) is 16.5. The number of rotatable bonds is 4. The van der Waals surface area contributed by atoms with Crippen molar-refractivity contribution in [3.63, 3.8) is 0 Å². The van der Waals surface area contributed by atoms with E-state index in [0.717, 1.165) is 5.56 Å². The smallest absolute Gasteiger partial charge is 0.227 e. The highest BCUT2D eigenvalue weighted by atomic mass is 32.2. The first-order valence-corrected chi connectivity index (χ1v) is 9.32. The van der Waals surface area contributed by atoms with Crippen LogP contribution in [0.5, 0.6) is 0 Å². The van der Waals surface area contributed by atoms with Crippen LogP contribution in [-0.2, 0) is 21.2 Å². The number of amides is 1. The molecule has 1 atom stereocenters. The Labute approximate surface area is 142 Å². The first-order chi connectivity index (χ1) is 11.5. The van der Waals surface area contributed by atoms with E-state index < -0.39 is 9.84 Å². The zero-order valence-corrected chi connectivity index (χ0v) is 14.2. The Morgan fingerprint density at radius 1 is 1.00 bits per heavy atom. The second-order valence-corrected chi connectivity index (χ2v) is 7.91. The van der Waals surface area contributed by atoms with Crippen LogP contribution in [-0.4, -0.2) is 19.2 Å². The highest BCUT2D eigenvalue weighted by molar-refractivity contribution is 7.95. The zero-order chi connectivity index (χ0) is 17.2. The number of hydrogen-bond acceptors (Lipinski definition) is 3. The number of sulfone groups is 1. The molecule has 4 nitrogen and oxygen atoms in total. The molecule has 5 heteroatoms. The van der Waals surface area contributed by atoms with Crippen molar-refractivity contribution in [2.75, 3.05) is 0 Å². The molecule has 3 rings (SSSR count). The number of carbonyl (C=O) groups excluding carboxylic acids is 1. The van der Waals surface area contributed by atoms with Gasteiger partial charge in [-0.2, -0.15) is 0 Å². The Balaban J connectivity index is 1.97. The van der Waals surface area contributed by atoms with E-state index in [2.05, 4.69) is 0 Å². The maximum Gasteiger partial charge on any atom is 0.227 e. The van der Waals surface area contributed by atoms with Gasteiger partial charge in [0, 0.05) is 18.5 Å². The van der Waals surface area contributed by atoms with Crippen LogP contribution in [0.3, 0.4) is 0 Å². The number of nitrogens with zero attached hydrogens (tertiary/aromatic N) is 1. The molecule has 2 aromatic rings. The van der Waals surface area contributed by atoms with Crippen molar-refractivity contribution in [2.45, 2.75) is 24.8 Å². The van der Waals surface area contributed by atoms with Gasteiger partial charge in [-0.25, -0.2) is 8.42 Å². The van der Waals surface area contributed by atoms with Crippen molar-refractivity contribution in [1.82, 2.24) is 4.90 Å². The molecule has 0 aromatic heterocycles. The Morgan fingerprint density at radius 3 is 2.21 bits per heavy atom. The molecule has 1 heterocycles. The van der Waals surface area contributed by atoms with Gasteiger partial charge >= 0.3 is 0 Å². The van der Waals surface area contributed by atoms with Crippen LogP contribution in [0.1, 0.15) is 18.9 Å². The third-order valence-corrected chi connectivity index (χ3v) is 6.15. The fraction of sp³-hybridized carbons (Fsp3) is 0.211. The second kappa shape index (κ2) is 6.61.